The van der Waals surface area contributed by atoms with Crippen LogP contribution in [-0.4, -0.2) is 5.11 Å². The topological polar surface area (TPSA) is 20.2 Å². The molecule has 4 atom stereocenters. The first kappa shape index (κ1) is 13.7. The second-order valence-electron chi connectivity index (χ2n) is 6.96. The molecule has 108 valence electrons. The molecule has 1 saturated carbocycles. The zero-order chi connectivity index (χ0) is 14.3. The summed E-state index contributed by atoms with van der Waals surface area (Å²) in [6.07, 6.45) is 8.36. The van der Waals surface area contributed by atoms with Crippen LogP contribution in [0.5, 0.6) is 5.75 Å². The normalized spacial score (nSPS) is 36.0. The summed E-state index contributed by atoms with van der Waals surface area (Å²) in [5.41, 5.74) is 3.19. The first-order valence-corrected chi connectivity index (χ1v) is 8.04. The van der Waals surface area contributed by atoms with Crippen LogP contribution < -0.4 is 0 Å². The highest BCUT2D eigenvalue weighted by molar-refractivity contribution is 5.40. The Morgan fingerprint density at radius 2 is 2.20 bits per heavy atom. The zero-order valence-electron chi connectivity index (χ0n) is 12.7. The summed E-state index contributed by atoms with van der Waals surface area (Å²) >= 11 is 0. The molecule has 1 fully saturated rings. The molecule has 0 aliphatic heterocycles. The minimum absolute atomic E-state index is 0.310. The van der Waals surface area contributed by atoms with Crippen molar-refractivity contribution in [1.29, 1.82) is 0 Å². The molecule has 20 heavy (non-hydrogen) atoms. The van der Waals surface area contributed by atoms with Crippen molar-refractivity contribution >= 4 is 0 Å². The predicted molar refractivity (Wildman–Crippen MR) is 84.0 cm³/mol. The molecule has 1 heteroatoms. The molecule has 0 heterocycles. The van der Waals surface area contributed by atoms with Gasteiger partial charge >= 0.3 is 0 Å². The van der Waals surface area contributed by atoms with Gasteiger partial charge in [-0.1, -0.05) is 32.4 Å². The fourth-order valence-electron chi connectivity index (χ4n) is 4.94. The van der Waals surface area contributed by atoms with Crippen molar-refractivity contribution < 1.29 is 5.11 Å². The van der Waals surface area contributed by atoms with Crippen LogP contribution in [0.2, 0.25) is 0 Å². The quantitative estimate of drug-likeness (QED) is 0.745. The molecule has 4 unspecified atom stereocenters. The summed E-state index contributed by atoms with van der Waals surface area (Å²) < 4.78 is 0. The van der Waals surface area contributed by atoms with Crippen LogP contribution in [0.1, 0.15) is 56.6 Å². The summed E-state index contributed by atoms with van der Waals surface area (Å²) in [5.74, 6) is 2.65. The fraction of sp³-hybridized carbons (Fsp3) is 0.579. The zero-order valence-corrected chi connectivity index (χ0v) is 12.7. The average molecular weight is 270 g/mol. The molecule has 0 aromatic heterocycles. The lowest BCUT2D eigenvalue weighted by molar-refractivity contribution is 0.0658. The number of fused-ring (bicyclic) bond motifs is 3. The van der Waals surface area contributed by atoms with Crippen molar-refractivity contribution in [2.45, 2.75) is 51.9 Å². The van der Waals surface area contributed by atoms with Gasteiger partial charge in [0, 0.05) is 0 Å². The molecular weight excluding hydrogens is 244 g/mol. The third-order valence-electron chi connectivity index (χ3n) is 6.05. The number of aryl methyl sites for hydroxylation is 1. The molecule has 1 aromatic carbocycles. The molecule has 1 aromatic rings. The molecular formula is C19H26O. The van der Waals surface area contributed by atoms with Gasteiger partial charge in [0.25, 0.3) is 0 Å². The van der Waals surface area contributed by atoms with E-state index in [1.807, 2.05) is 12.1 Å². The maximum absolute atomic E-state index is 9.69. The van der Waals surface area contributed by atoms with Crippen LogP contribution in [0.25, 0.3) is 0 Å². The number of phenolic OH excluding ortho intramolecular Hbond substituents is 1. The van der Waals surface area contributed by atoms with E-state index < -0.39 is 0 Å². The minimum Gasteiger partial charge on any atom is -0.508 e. The Labute approximate surface area is 122 Å². The number of hydrogen-bond acceptors (Lipinski definition) is 1. The van der Waals surface area contributed by atoms with Crippen LogP contribution in [-0.2, 0) is 6.42 Å². The van der Waals surface area contributed by atoms with E-state index in [9.17, 15) is 5.11 Å². The van der Waals surface area contributed by atoms with Gasteiger partial charge in [-0.25, -0.2) is 0 Å². The third-order valence-corrected chi connectivity index (χ3v) is 6.05. The van der Waals surface area contributed by atoms with Crippen LogP contribution in [0.3, 0.4) is 0 Å². The number of rotatable bonds is 2. The Morgan fingerprint density at radius 1 is 1.40 bits per heavy atom. The first-order valence-electron chi connectivity index (χ1n) is 8.04. The molecule has 1 nitrogen and oxygen atoms in total. The van der Waals surface area contributed by atoms with Gasteiger partial charge < -0.3 is 5.11 Å². The number of benzene rings is 1. The van der Waals surface area contributed by atoms with E-state index in [2.05, 4.69) is 32.6 Å². The van der Waals surface area contributed by atoms with E-state index in [0.717, 1.165) is 18.3 Å². The Balaban J connectivity index is 1.97. The Hall–Kier alpha value is -1.24. The monoisotopic (exact) mass is 270 g/mol. The lowest BCUT2D eigenvalue weighted by Crippen LogP contribution is -2.41. The molecule has 2 aliphatic rings. The minimum atomic E-state index is 0.310. The van der Waals surface area contributed by atoms with E-state index >= 15 is 0 Å². The smallest absolute Gasteiger partial charge is 0.115 e. The fourth-order valence-corrected chi connectivity index (χ4v) is 4.94. The summed E-state index contributed by atoms with van der Waals surface area (Å²) in [6, 6.07) is 6.02. The predicted octanol–water partition coefficient (Wildman–Crippen LogP) is 5.05. The summed E-state index contributed by atoms with van der Waals surface area (Å²) in [5, 5.41) is 9.69. The van der Waals surface area contributed by atoms with Gasteiger partial charge in [-0.2, -0.15) is 0 Å². The van der Waals surface area contributed by atoms with Crippen molar-refractivity contribution in [2.24, 2.45) is 17.3 Å². The van der Waals surface area contributed by atoms with Crippen LogP contribution in [0.4, 0.5) is 0 Å². The van der Waals surface area contributed by atoms with Crippen molar-refractivity contribution in [3.63, 3.8) is 0 Å². The lowest BCUT2D eigenvalue weighted by Gasteiger charge is -2.51. The summed E-state index contributed by atoms with van der Waals surface area (Å²) in [7, 11) is 0. The number of phenols is 1. The molecule has 0 spiro atoms. The second-order valence-corrected chi connectivity index (χ2v) is 6.96. The van der Waals surface area contributed by atoms with Crippen molar-refractivity contribution in [2.75, 3.05) is 0 Å². The maximum atomic E-state index is 9.69. The highest BCUT2D eigenvalue weighted by Crippen LogP contribution is 2.56. The number of aromatic hydroxyl groups is 1. The molecule has 0 radical (unpaired) electrons. The average Bonchev–Trinajstić information content (AvgIpc) is 2.46. The van der Waals surface area contributed by atoms with E-state index in [0.29, 0.717) is 17.1 Å². The van der Waals surface area contributed by atoms with Gasteiger partial charge in [0.2, 0.25) is 0 Å². The molecule has 0 bridgehead atoms. The largest absolute Gasteiger partial charge is 0.508 e. The van der Waals surface area contributed by atoms with E-state index in [4.69, 9.17) is 0 Å². The molecule has 3 rings (SSSR count). The van der Waals surface area contributed by atoms with Crippen molar-refractivity contribution in [1.82, 2.24) is 0 Å². The molecule has 0 amide bonds. The Bertz CT molecular complexity index is 518. The van der Waals surface area contributed by atoms with Gasteiger partial charge in [-0.15, -0.1) is 6.58 Å². The van der Waals surface area contributed by atoms with Gasteiger partial charge in [-0.3, -0.25) is 0 Å². The standard InChI is InChI=1S/C19H26O/c1-4-18-17-8-6-13-12-14(20)7-9-15(13)16(17)10-11-19(18,3)5-2/h5,7,9,12,16-18,20H,2,4,6,8,10-11H2,1,3H3. The number of hydrogen-bond donors (Lipinski definition) is 1. The molecule has 1 N–H and O–H groups in total. The number of allylic oxidation sites excluding steroid dienone is 1. The van der Waals surface area contributed by atoms with Gasteiger partial charge in [0.15, 0.2) is 0 Å². The maximum Gasteiger partial charge on any atom is 0.115 e. The van der Waals surface area contributed by atoms with Crippen molar-refractivity contribution in [3.8, 4) is 5.75 Å². The van der Waals surface area contributed by atoms with E-state index in [1.54, 1.807) is 0 Å². The first-order chi connectivity index (χ1) is 9.59. The summed E-state index contributed by atoms with van der Waals surface area (Å²) in [4.78, 5) is 0. The van der Waals surface area contributed by atoms with Crippen molar-refractivity contribution in [3.05, 3.63) is 42.0 Å². The van der Waals surface area contributed by atoms with Crippen LogP contribution in [0.15, 0.2) is 30.9 Å². The SMILES string of the molecule is C=CC1(C)CCC2c3ccc(O)cc3CCC2C1CC. The van der Waals surface area contributed by atoms with E-state index in [-0.39, 0.29) is 0 Å². The molecule has 2 aliphatic carbocycles. The summed E-state index contributed by atoms with van der Waals surface area (Å²) in [6.45, 7) is 8.85. The highest BCUT2D eigenvalue weighted by Gasteiger charge is 2.45. The van der Waals surface area contributed by atoms with Gasteiger partial charge in [0.05, 0.1) is 0 Å². The van der Waals surface area contributed by atoms with Gasteiger partial charge in [-0.05, 0) is 72.1 Å². The third kappa shape index (κ3) is 1.99. The second kappa shape index (κ2) is 4.95. The van der Waals surface area contributed by atoms with Crippen LogP contribution in [0, 0.1) is 17.3 Å². The lowest BCUT2D eigenvalue weighted by atomic mass is 9.54. The Kier molecular flexibility index (Phi) is 3.40. The Morgan fingerprint density at radius 3 is 2.90 bits per heavy atom. The molecule has 0 saturated heterocycles. The van der Waals surface area contributed by atoms with Gasteiger partial charge in [0.1, 0.15) is 5.75 Å². The highest BCUT2D eigenvalue weighted by atomic mass is 16.3. The van der Waals surface area contributed by atoms with Crippen LogP contribution >= 0.6 is 0 Å². The van der Waals surface area contributed by atoms with E-state index in [1.165, 1.54) is 36.8 Å².